The monoisotopic (exact) mass is 535 g/mol. The Morgan fingerprint density at radius 2 is 2.19 bits per heavy atom. The van der Waals surface area contributed by atoms with Crippen LogP contribution in [0.5, 0.6) is 0 Å². The molecule has 0 saturated carbocycles. The van der Waals surface area contributed by atoms with E-state index in [2.05, 4.69) is 20.4 Å². The number of carboxylic acids is 1. The van der Waals surface area contributed by atoms with Gasteiger partial charge in [-0.05, 0) is 6.92 Å². The quantitative estimate of drug-likeness (QED) is 0.171. The number of oxime groups is 1. The Kier molecular flexibility index (Phi) is 7.25. The molecule has 1 fully saturated rings. The van der Waals surface area contributed by atoms with Gasteiger partial charge in [-0.15, -0.1) is 23.1 Å². The van der Waals surface area contributed by atoms with Crippen LogP contribution in [-0.4, -0.2) is 77.8 Å². The van der Waals surface area contributed by atoms with Crippen LogP contribution in [0.2, 0.25) is 0 Å². The number of aromatic nitrogens is 3. The SMILES string of the molecule is CC(=O)OCC1=C(C(=O)O)N2C(=O)[C@@H](NC(=O)/C(=N/OC(C)n3ccnc3)c3csc(N)n3)[C@H]2SC1. The highest BCUT2D eigenvalue weighted by Gasteiger charge is 2.54. The summed E-state index contributed by atoms with van der Waals surface area (Å²) in [4.78, 5) is 63.6. The molecule has 0 spiro atoms. The number of thiazole rings is 1. The number of fused-ring (bicyclic) bond motifs is 1. The Hall–Kier alpha value is -3.92. The molecule has 0 aliphatic carbocycles. The van der Waals surface area contributed by atoms with Crippen LogP contribution in [0.25, 0.3) is 0 Å². The van der Waals surface area contributed by atoms with Crippen molar-refractivity contribution in [1.82, 2.24) is 24.8 Å². The van der Waals surface area contributed by atoms with E-state index in [1.165, 1.54) is 30.4 Å². The van der Waals surface area contributed by atoms with Crippen LogP contribution >= 0.6 is 23.1 Å². The average Bonchev–Trinajstić information content (AvgIpc) is 3.52. The normalized spacial score (nSPS) is 20.3. The second-order valence-corrected chi connectivity index (χ2v) is 9.62. The van der Waals surface area contributed by atoms with Gasteiger partial charge in [-0.25, -0.2) is 14.8 Å². The van der Waals surface area contributed by atoms with Crippen molar-refractivity contribution in [2.24, 2.45) is 5.16 Å². The van der Waals surface area contributed by atoms with Crippen molar-refractivity contribution >= 4 is 57.7 Å². The van der Waals surface area contributed by atoms with E-state index >= 15 is 0 Å². The van der Waals surface area contributed by atoms with Gasteiger partial charge >= 0.3 is 11.9 Å². The van der Waals surface area contributed by atoms with E-state index in [0.29, 0.717) is 5.57 Å². The first-order valence-electron chi connectivity index (χ1n) is 10.4. The fourth-order valence-electron chi connectivity index (χ4n) is 3.46. The summed E-state index contributed by atoms with van der Waals surface area (Å²) in [6.45, 7) is 2.65. The summed E-state index contributed by atoms with van der Waals surface area (Å²) in [7, 11) is 0. The number of nitrogens with one attached hydrogen (secondary N) is 1. The molecule has 2 aliphatic heterocycles. The molecule has 16 heteroatoms. The second-order valence-electron chi connectivity index (χ2n) is 7.62. The Bertz CT molecular complexity index is 1260. The van der Waals surface area contributed by atoms with E-state index in [9.17, 15) is 24.3 Å². The molecular weight excluding hydrogens is 514 g/mol. The number of nitrogens with zero attached hydrogens (tertiary/aromatic N) is 5. The van der Waals surface area contributed by atoms with E-state index in [1.54, 1.807) is 23.9 Å². The number of thioether (sulfide) groups is 1. The number of rotatable bonds is 9. The van der Waals surface area contributed by atoms with Crippen molar-refractivity contribution in [2.75, 3.05) is 18.1 Å². The lowest BCUT2D eigenvalue weighted by Crippen LogP contribution is -2.71. The lowest BCUT2D eigenvalue weighted by molar-refractivity contribution is -0.150. The standard InChI is InChI=1S/C20H21N7O7S2/c1-9(26-4-3-22-8-26)34-25-13(12-7-36-20(21)23-12)16(29)24-14-17(30)27-15(19(31)32)11(5-33-10(2)28)6-35-18(14)27/h3-4,7-9,14,18H,5-6H2,1-2H3,(H2,21,23)(H,24,29)(H,31,32)/b25-13+/t9?,14-,18-/m1/s1. The van der Waals surface area contributed by atoms with Gasteiger partial charge in [0.25, 0.3) is 11.8 Å². The smallest absolute Gasteiger partial charge is 0.352 e. The number of hydrogen-bond acceptors (Lipinski definition) is 12. The maximum Gasteiger partial charge on any atom is 0.352 e. The summed E-state index contributed by atoms with van der Waals surface area (Å²) in [5, 5.41) is 17.3. The minimum absolute atomic E-state index is 0.155. The molecule has 36 heavy (non-hydrogen) atoms. The molecular formula is C20H21N7O7S2. The van der Waals surface area contributed by atoms with Crippen molar-refractivity contribution < 1.29 is 33.9 Å². The molecule has 0 aromatic carbocycles. The molecule has 2 aromatic heterocycles. The van der Waals surface area contributed by atoms with Gasteiger partial charge < -0.3 is 25.7 Å². The van der Waals surface area contributed by atoms with E-state index in [1.807, 2.05) is 0 Å². The lowest BCUT2D eigenvalue weighted by Gasteiger charge is -2.49. The molecule has 0 bridgehead atoms. The average molecular weight is 536 g/mol. The molecule has 2 aliphatic rings. The van der Waals surface area contributed by atoms with Crippen molar-refractivity contribution in [3.63, 3.8) is 0 Å². The van der Waals surface area contributed by atoms with E-state index in [4.69, 9.17) is 15.3 Å². The van der Waals surface area contributed by atoms with Gasteiger partial charge in [0.05, 0.1) is 6.33 Å². The highest BCUT2D eigenvalue weighted by molar-refractivity contribution is 8.00. The van der Waals surface area contributed by atoms with Crippen molar-refractivity contribution in [1.29, 1.82) is 0 Å². The number of nitrogens with two attached hydrogens (primary N) is 1. The predicted molar refractivity (Wildman–Crippen MR) is 127 cm³/mol. The topological polar surface area (TPSA) is 191 Å². The first kappa shape index (κ1) is 25.2. The van der Waals surface area contributed by atoms with Crippen LogP contribution in [0, 0.1) is 0 Å². The molecule has 1 saturated heterocycles. The number of esters is 1. The van der Waals surface area contributed by atoms with Crippen LogP contribution in [0.1, 0.15) is 25.8 Å². The number of carbonyl (C=O) groups excluding carboxylic acids is 3. The van der Waals surface area contributed by atoms with Gasteiger partial charge in [0.1, 0.15) is 29.4 Å². The number of imidazole rings is 1. The maximum absolute atomic E-state index is 13.1. The van der Waals surface area contributed by atoms with Crippen LogP contribution in [0.3, 0.4) is 0 Å². The molecule has 4 rings (SSSR count). The number of carbonyl (C=O) groups is 4. The van der Waals surface area contributed by atoms with Gasteiger partial charge in [-0.3, -0.25) is 23.9 Å². The largest absolute Gasteiger partial charge is 0.477 e. The summed E-state index contributed by atoms with van der Waals surface area (Å²) in [5.41, 5.74) is 5.70. The number of aliphatic carboxylic acids is 1. The number of hydrogen-bond donors (Lipinski definition) is 3. The minimum Gasteiger partial charge on any atom is -0.477 e. The summed E-state index contributed by atoms with van der Waals surface area (Å²) in [5.74, 6) is -3.07. The Balaban J connectivity index is 1.52. The molecule has 190 valence electrons. The molecule has 4 heterocycles. The fourth-order valence-corrected chi connectivity index (χ4v) is 5.34. The van der Waals surface area contributed by atoms with Gasteiger partial charge in [-0.1, -0.05) is 5.16 Å². The van der Waals surface area contributed by atoms with Gasteiger partial charge in [0, 0.05) is 36.0 Å². The molecule has 14 nitrogen and oxygen atoms in total. The first-order valence-corrected chi connectivity index (χ1v) is 12.4. The molecule has 4 N–H and O–H groups in total. The predicted octanol–water partition coefficient (Wildman–Crippen LogP) is 0.163. The van der Waals surface area contributed by atoms with Crippen LogP contribution in [0.4, 0.5) is 5.13 Å². The van der Waals surface area contributed by atoms with Crippen LogP contribution in [-0.2, 0) is 28.8 Å². The zero-order valence-electron chi connectivity index (χ0n) is 19.0. The van der Waals surface area contributed by atoms with Crippen molar-refractivity contribution in [3.05, 3.63) is 41.1 Å². The second kappa shape index (κ2) is 10.4. The van der Waals surface area contributed by atoms with Crippen molar-refractivity contribution in [2.45, 2.75) is 31.5 Å². The maximum atomic E-state index is 13.1. The molecule has 2 amide bonds. The highest BCUT2D eigenvalue weighted by Crippen LogP contribution is 2.40. The van der Waals surface area contributed by atoms with Crippen LogP contribution < -0.4 is 11.1 Å². The summed E-state index contributed by atoms with van der Waals surface area (Å²) in [6, 6.07) is -1.01. The minimum atomic E-state index is -1.33. The number of nitrogen functional groups attached to an aromatic ring is 1. The summed E-state index contributed by atoms with van der Waals surface area (Å²) >= 11 is 2.34. The van der Waals surface area contributed by atoms with E-state index < -0.39 is 41.4 Å². The zero-order chi connectivity index (χ0) is 26.0. The molecule has 2 aromatic rings. The Labute approximate surface area is 212 Å². The van der Waals surface area contributed by atoms with E-state index in [0.717, 1.165) is 16.2 Å². The third kappa shape index (κ3) is 5.03. The Morgan fingerprint density at radius 3 is 2.81 bits per heavy atom. The van der Waals surface area contributed by atoms with Crippen molar-refractivity contribution in [3.8, 4) is 0 Å². The third-order valence-electron chi connectivity index (χ3n) is 5.21. The lowest BCUT2D eigenvalue weighted by atomic mass is 10.0. The highest BCUT2D eigenvalue weighted by atomic mass is 32.2. The Morgan fingerprint density at radius 1 is 1.42 bits per heavy atom. The van der Waals surface area contributed by atoms with Gasteiger partial charge in [-0.2, -0.15) is 0 Å². The zero-order valence-corrected chi connectivity index (χ0v) is 20.6. The number of ether oxygens (including phenoxy) is 1. The molecule has 3 atom stereocenters. The first-order chi connectivity index (χ1) is 17.2. The third-order valence-corrected chi connectivity index (χ3v) is 7.22. The number of carboxylic acid groups (broad SMARTS) is 1. The summed E-state index contributed by atoms with van der Waals surface area (Å²) < 4.78 is 6.54. The van der Waals surface area contributed by atoms with Crippen LogP contribution in [0.15, 0.2) is 40.5 Å². The fraction of sp³-hybridized carbons (Fsp3) is 0.350. The van der Waals surface area contributed by atoms with Gasteiger partial charge in [0.2, 0.25) is 6.23 Å². The molecule has 1 unspecified atom stereocenters. The number of β-lactam (4-membered cyclic amide) rings is 1. The summed E-state index contributed by atoms with van der Waals surface area (Å²) in [6.07, 6.45) is 4.14. The number of anilines is 1. The van der Waals surface area contributed by atoms with E-state index in [-0.39, 0.29) is 34.6 Å². The molecule has 0 radical (unpaired) electrons. The number of amides is 2. The van der Waals surface area contributed by atoms with Gasteiger partial charge in [0.15, 0.2) is 10.8 Å².